The summed E-state index contributed by atoms with van der Waals surface area (Å²) >= 11 is 11.5. The molecular formula is C23H21ClFN5O2S. The van der Waals surface area contributed by atoms with Crippen molar-refractivity contribution in [2.75, 3.05) is 12.0 Å². The van der Waals surface area contributed by atoms with E-state index in [-0.39, 0.29) is 12.4 Å². The SMILES string of the molecule is CCOc1cc(CNn2c(-c3ccncc3)n[nH]c2=S)ccc1OCc1ccc(F)cc1Cl. The number of hydrogen-bond donors (Lipinski definition) is 2. The molecule has 10 heteroatoms. The van der Waals surface area contributed by atoms with E-state index in [4.69, 9.17) is 33.3 Å². The van der Waals surface area contributed by atoms with Crippen LogP contribution < -0.4 is 14.9 Å². The summed E-state index contributed by atoms with van der Waals surface area (Å²) < 4.78 is 27.1. The second-order valence-corrected chi connectivity index (χ2v) is 7.79. The Bertz CT molecular complexity index is 1300. The molecule has 4 rings (SSSR count). The second-order valence-electron chi connectivity index (χ2n) is 7.00. The first-order chi connectivity index (χ1) is 16.0. The van der Waals surface area contributed by atoms with E-state index in [0.29, 0.717) is 45.8 Å². The number of benzene rings is 2. The highest BCUT2D eigenvalue weighted by molar-refractivity contribution is 7.71. The third kappa shape index (κ3) is 5.50. The van der Waals surface area contributed by atoms with Crippen molar-refractivity contribution in [2.24, 2.45) is 0 Å². The molecule has 0 saturated heterocycles. The smallest absolute Gasteiger partial charge is 0.214 e. The lowest BCUT2D eigenvalue weighted by atomic mass is 10.2. The summed E-state index contributed by atoms with van der Waals surface area (Å²) in [5.41, 5.74) is 5.80. The van der Waals surface area contributed by atoms with Crippen LogP contribution in [0.4, 0.5) is 4.39 Å². The Morgan fingerprint density at radius 1 is 1.09 bits per heavy atom. The van der Waals surface area contributed by atoms with Crippen molar-refractivity contribution in [3.63, 3.8) is 0 Å². The number of ether oxygens (including phenoxy) is 2. The molecular weight excluding hydrogens is 465 g/mol. The van der Waals surface area contributed by atoms with E-state index in [0.717, 1.165) is 11.1 Å². The molecule has 0 atom stereocenters. The van der Waals surface area contributed by atoms with Crippen LogP contribution in [0.5, 0.6) is 11.5 Å². The minimum Gasteiger partial charge on any atom is -0.490 e. The highest BCUT2D eigenvalue weighted by Gasteiger charge is 2.11. The third-order valence-electron chi connectivity index (χ3n) is 4.76. The highest BCUT2D eigenvalue weighted by atomic mass is 35.5. The standard InChI is InChI=1S/C23H21ClFN5O2S/c1-2-31-21-11-15(3-6-20(21)32-14-17-4-5-18(25)12-19(17)24)13-27-30-22(28-29-23(30)33)16-7-9-26-10-8-16/h3-12,27H,2,13-14H2,1H3,(H,29,33). The van der Waals surface area contributed by atoms with Crippen LogP contribution in [0, 0.1) is 10.6 Å². The molecule has 7 nitrogen and oxygen atoms in total. The Balaban J connectivity index is 1.49. The Morgan fingerprint density at radius 2 is 1.91 bits per heavy atom. The van der Waals surface area contributed by atoms with Crippen molar-refractivity contribution in [1.82, 2.24) is 19.9 Å². The molecule has 4 aromatic rings. The van der Waals surface area contributed by atoms with Gasteiger partial charge in [-0.15, -0.1) is 0 Å². The lowest BCUT2D eigenvalue weighted by Crippen LogP contribution is -2.16. The van der Waals surface area contributed by atoms with Crippen LogP contribution in [0.15, 0.2) is 60.9 Å². The first-order valence-corrected chi connectivity index (χ1v) is 11.0. The molecule has 2 heterocycles. The van der Waals surface area contributed by atoms with Crippen LogP contribution in [0.1, 0.15) is 18.1 Å². The van der Waals surface area contributed by atoms with Gasteiger partial charge in [-0.25, -0.2) is 14.2 Å². The van der Waals surface area contributed by atoms with Gasteiger partial charge in [-0.2, -0.15) is 5.10 Å². The predicted molar refractivity (Wildman–Crippen MR) is 127 cm³/mol. The maximum Gasteiger partial charge on any atom is 0.214 e. The van der Waals surface area contributed by atoms with E-state index in [1.807, 2.05) is 37.3 Å². The van der Waals surface area contributed by atoms with Crippen LogP contribution in [0.2, 0.25) is 5.02 Å². The van der Waals surface area contributed by atoms with Gasteiger partial charge in [0.2, 0.25) is 4.77 Å². The fraction of sp³-hybridized carbons (Fsp3) is 0.174. The largest absolute Gasteiger partial charge is 0.490 e. The van der Waals surface area contributed by atoms with E-state index in [1.54, 1.807) is 23.1 Å². The van der Waals surface area contributed by atoms with Crippen molar-refractivity contribution >= 4 is 23.8 Å². The molecule has 33 heavy (non-hydrogen) atoms. The molecule has 2 aromatic carbocycles. The van der Waals surface area contributed by atoms with E-state index in [9.17, 15) is 4.39 Å². The van der Waals surface area contributed by atoms with Gasteiger partial charge in [0.15, 0.2) is 17.3 Å². The fourth-order valence-corrected chi connectivity index (χ4v) is 3.57. The normalized spacial score (nSPS) is 10.8. The van der Waals surface area contributed by atoms with Crippen LogP contribution in [0.3, 0.4) is 0 Å². The van der Waals surface area contributed by atoms with Gasteiger partial charge in [0.05, 0.1) is 18.2 Å². The summed E-state index contributed by atoms with van der Waals surface area (Å²) in [6.07, 6.45) is 3.40. The van der Waals surface area contributed by atoms with Gasteiger partial charge >= 0.3 is 0 Å². The maximum absolute atomic E-state index is 13.3. The number of pyridine rings is 1. The molecule has 0 fully saturated rings. The summed E-state index contributed by atoms with van der Waals surface area (Å²) in [5.74, 6) is 1.43. The van der Waals surface area contributed by atoms with E-state index < -0.39 is 0 Å². The van der Waals surface area contributed by atoms with Crippen molar-refractivity contribution in [1.29, 1.82) is 0 Å². The average molecular weight is 486 g/mol. The number of H-pyrrole nitrogens is 1. The van der Waals surface area contributed by atoms with E-state index >= 15 is 0 Å². The Labute approximate surface area is 200 Å². The van der Waals surface area contributed by atoms with Gasteiger partial charge in [0.25, 0.3) is 0 Å². The number of aromatic amines is 1. The average Bonchev–Trinajstić information content (AvgIpc) is 3.19. The molecule has 0 spiro atoms. The number of halogens is 2. The zero-order chi connectivity index (χ0) is 23.2. The number of aromatic nitrogens is 4. The summed E-state index contributed by atoms with van der Waals surface area (Å²) in [7, 11) is 0. The molecule has 0 saturated carbocycles. The van der Waals surface area contributed by atoms with E-state index in [1.165, 1.54) is 12.1 Å². The third-order valence-corrected chi connectivity index (χ3v) is 5.38. The first kappa shape index (κ1) is 22.8. The Kier molecular flexibility index (Phi) is 7.21. The summed E-state index contributed by atoms with van der Waals surface area (Å²) in [4.78, 5) is 4.04. The molecule has 0 unspecified atom stereocenters. The molecule has 0 aliphatic heterocycles. The zero-order valence-electron chi connectivity index (χ0n) is 17.7. The number of nitrogens with one attached hydrogen (secondary N) is 2. The highest BCUT2D eigenvalue weighted by Crippen LogP contribution is 2.30. The Morgan fingerprint density at radius 3 is 2.67 bits per heavy atom. The van der Waals surface area contributed by atoms with Crippen molar-refractivity contribution in [2.45, 2.75) is 20.1 Å². The van der Waals surface area contributed by atoms with Crippen molar-refractivity contribution < 1.29 is 13.9 Å². The number of nitrogens with zero attached hydrogens (tertiary/aromatic N) is 3. The lowest BCUT2D eigenvalue weighted by molar-refractivity contribution is 0.269. The second kappa shape index (κ2) is 10.5. The van der Waals surface area contributed by atoms with Crippen LogP contribution in [-0.2, 0) is 13.2 Å². The van der Waals surface area contributed by atoms with Gasteiger partial charge in [0.1, 0.15) is 12.4 Å². The van der Waals surface area contributed by atoms with Crippen molar-refractivity contribution in [3.8, 4) is 22.9 Å². The van der Waals surface area contributed by atoms with Gasteiger partial charge < -0.3 is 14.9 Å². The van der Waals surface area contributed by atoms with Crippen LogP contribution >= 0.6 is 23.8 Å². The maximum atomic E-state index is 13.3. The monoisotopic (exact) mass is 485 g/mol. The molecule has 0 radical (unpaired) electrons. The van der Waals surface area contributed by atoms with Crippen molar-refractivity contribution in [3.05, 3.63) is 87.7 Å². The summed E-state index contributed by atoms with van der Waals surface area (Å²) in [6.45, 7) is 3.03. The number of rotatable bonds is 9. The fourth-order valence-electron chi connectivity index (χ4n) is 3.15. The molecule has 0 aliphatic rings. The minimum atomic E-state index is -0.388. The zero-order valence-corrected chi connectivity index (χ0v) is 19.3. The minimum absolute atomic E-state index is 0.191. The van der Waals surface area contributed by atoms with Crippen LogP contribution in [-0.4, -0.2) is 26.5 Å². The van der Waals surface area contributed by atoms with Crippen LogP contribution in [0.25, 0.3) is 11.4 Å². The van der Waals surface area contributed by atoms with Gasteiger partial charge in [-0.3, -0.25) is 4.98 Å². The predicted octanol–water partition coefficient (Wildman–Crippen LogP) is 5.52. The molecule has 2 aromatic heterocycles. The lowest BCUT2D eigenvalue weighted by Gasteiger charge is -2.15. The topological polar surface area (TPSA) is 77.0 Å². The molecule has 0 aliphatic carbocycles. The quantitative estimate of drug-likeness (QED) is 0.304. The first-order valence-electron chi connectivity index (χ1n) is 10.2. The Hall–Kier alpha value is -3.43. The summed E-state index contributed by atoms with van der Waals surface area (Å²) in [6, 6.07) is 13.6. The molecule has 0 amide bonds. The molecule has 170 valence electrons. The summed E-state index contributed by atoms with van der Waals surface area (Å²) in [5, 5.41) is 7.42. The van der Waals surface area contributed by atoms with E-state index in [2.05, 4.69) is 20.6 Å². The van der Waals surface area contributed by atoms with Gasteiger partial charge in [0, 0.05) is 23.5 Å². The molecule has 0 bridgehead atoms. The molecule has 2 N–H and O–H groups in total. The van der Waals surface area contributed by atoms with Gasteiger partial charge in [-0.1, -0.05) is 23.7 Å². The number of hydrogen-bond acceptors (Lipinski definition) is 6. The van der Waals surface area contributed by atoms with Gasteiger partial charge in [-0.05, 0) is 61.1 Å².